The second kappa shape index (κ2) is 9.85. The van der Waals surface area contributed by atoms with Crippen molar-refractivity contribution in [2.24, 2.45) is 0 Å². The zero-order valence-electron chi connectivity index (χ0n) is 11.2. The van der Waals surface area contributed by atoms with Gasteiger partial charge in [0.05, 0.1) is 5.75 Å². The van der Waals surface area contributed by atoms with Crippen LogP contribution in [-0.4, -0.2) is 43.3 Å². The summed E-state index contributed by atoms with van der Waals surface area (Å²) in [4.78, 5) is 0. The number of aliphatic hydroxyl groups is 1. The first-order chi connectivity index (χ1) is 8.08. The number of sulfonamides is 1. The molecule has 0 bridgehead atoms. The maximum absolute atomic E-state index is 12.1. The first kappa shape index (κ1) is 16.9. The first-order valence-electron chi connectivity index (χ1n) is 6.67. The van der Waals surface area contributed by atoms with Crippen molar-refractivity contribution in [2.45, 2.75) is 52.4 Å². The smallest absolute Gasteiger partial charge is 0.214 e. The van der Waals surface area contributed by atoms with Crippen LogP contribution >= 0.6 is 0 Å². The molecule has 0 atom stereocenters. The van der Waals surface area contributed by atoms with Crippen LogP contribution in [0.1, 0.15) is 52.4 Å². The van der Waals surface area contributed by atoms with E-state index in [4.69, 9.17) is 5.11 Å². The van der Waals surface area contributed by atoms with Crippen molar-refractivity contribution in [1.29, 1.82) is 0 Å². The first-order valence-corrected chi connectivity index (χ1v) is 8.28. The third-order valence-electron chi connectivity index (χ3n) is 2.73. The van der Waals surface area contributed by atoms with E-state index in [0.717, 1.165) is 25.7 Å². The van der Waals surface area contributed by atoms with Crippen LogP contribution in [0.4, 0.5) is 0 Å². The fraction of sp³-hybridized carbons (Fsp3) is 1.00. The highest BCUT2D eigenvalue weighted by atomic mass is 32.2. The molecule has 0 aliphatic carbocycles. The van der Waals surface area contributed by atoms with E-state index in [9.17, 15) is 8.42 Å². The highest BCUT2D eigenvalue weighted by Gasteiger charge is 2.20. The minimum absolute atomic E-state index is 0.0689. The minimum Gasteiger partial charge on any atom is -0.396 e. The summed E-state index contributed by atoms with van der Waals surface area (Å²) in [7, 11) is -3.12. The van der Waals surface area contributed by atoms with Crippen molar-refractivity contribution < 1.29 is 13.5 Å². The van der Waals surface area contributed by atoms with Gasteiger partial charge >= 0.3 is 0 Å². The van der Waals surface area contributed by atoms with Gasteiger partial charge in [0.1, 0.15) is 0 Å². The van der Waals surface area contributed by atoms with E-state index in [1.54, 1.807) is 4.31 Å². The lowest BCUT2D eigenvalue weighted by molar-refractivity contribution is 0.286. The van der Waals surface area contributed by atoms with Crippen molar-refractivity contribution >= 4 is 10.0 Å². The molecule has 0 aliphatic heterocycles. The highest BCUT2D eigenvalue weighted by molar-refractivity contribution is 7.89. The molecule has 0 aromatic carbocycles. The van der Waals surface area contributed by atoms with E-state index in [-0.39, 0.29) is 12.4 Å². The maximum Gasteiger partial charge on any atom is 0.214 e. The maximum atomic E-state index is 12.1. The monoisotopic (exact) mass is 265 g/mol. The Morgan fingerprint density at radius 3 is 1.88 bits per heavy atom. The summed E-state index contributed by atoms with van der Waals surface area (Å²) in [6.45, 7) is 5.47. The average molecular weight is 265 g/mol. The van der Waals surface area contributed by atoms with Crippen LogP contribution in [-0.2, 0) is 10.0 Å². The number of rotatable bonds is 11. The molecule has 0 radical (unpaired) electrons. The third kappa shape index (κ3) is 7.73. The molecule has 0 saturated carbocycles. The molecular weight excluding hydrogens is 238 g/mol. The van der Waals surface area contributed by atoms with Crippen molar-refractivity contribution in [3.05, 3.63) is 0 Å². The summed E-state index contributed by atoms with van der Waals surface area (Å²) in [6.07, 6.45) is 4.97. The molecule has 0 heterocycles. The largest absolute Gasteiger partial charge is 0.396 e. The van der Waals surface area contributed by atoms with Crippen LogP contribution in [0.25, 0.3) is 0 Å². The molecular formula is C12H27NO3S. The number of unbranched alkanes of at least 4 members (excludes halogenated alkanes) is 3. The second-order valence-corrected chi connectivity index (χ2v) is 6.44. The number of hydrogen-bond acceptors (Lipinski definition) is 3. The van der Waals surface area contributed by atoms with Crippen LogP contribution in [0.2, 0.25) is 0 Å². The van der Waals surface area contributed by atoms with Gasteiger partial charge in [-0.25, -0.2) is 12.7 Å². The summed E-state index contributed by atoms with van der Waals surface area (Å²) in [6, 6.07) is 0. The van der Waals surface area contributed by atoms with Gasteiger partial charge in [0, 0.05) is 19.7 Å². The van der Waals surface area contributed by atoms with Gasteiger partial charge in [-0.05, 0) is 25.7 Å². The van der Waals surface area contributed by atoms with Crippen LogP contribution in [0.3, 0.4) is 0 Å². The molecule has 0 unspecified atom stereocenters. The molecule has 0 rings (SSSR count). The predicted molar refractivity (Wildman–Crippen MR) is 71.5 cm³/mol. The normalized spacial score (nSPS) is 12.2. The lowest BCUT2D eigenvalue weighted by atomic mass is 10.3. The standard InChI is InChI=1S/C12H27NO3S/c1-3-5-9-13(10-6-4-2)17(15,16)12-8-7-11-14/h14H,3-12H2,1-2H3. The third-order valence-corrected chi connectivity index (χ3v) is 4.68. The van der Waals surface area contributed by atoms with Crippen LogP contribution in [0, 0.1) is 0 Å². The Morgan fingerprint density at radius 2 is 1.47 bits per heavy atom. The molecule has 104 valence electrons. The summed E-state index contributed by atoms with van der Waals surface area (Å²) in [5.41, 5.74) is 0. The average Bonchev–Trinajstić information content (AvgIpc) is 2.29. The topological polar surface area (TPSA) is 57.6 Å². The zero-order valence-corrected chi connectivity index (χ0v) is 12.0. The van der Waals surface area contributed by atoms with E-state index >= 15 is 0 Å². The van der Waals surface area contributed by atoms with Gasteiger partial charge < -0.3 is 5.11 Å². The fourth-order valence-electron chi connectivity index (χ4n) is 1.58. The van der Waals surface area contributed by atoms with Crippen LogP contribution in [0.15, 0.2) is 0 Å². The highest BCUT2D eigenvalue weighted by Crippen LogP contribution is 2.09. The van der Waals surface area contributed by atoms with E-state index in [1.165, 1.54) is 0 Å². The summed E-state index contributed by atoms with van der Waals surface area (Å²) in [5, 5.41) is 8.68. The summed E-state index contributed by atoms with van der Waals surface area (Å²) < 4.78 is 25.7. The molecule has 0 fully saturated rings. The molecule has 0 saturated heterocycles. The minimum atomic E-state index is -3.12. The molecule has 5 heteroatoms. The van der Waals surface area contributed by atoms with Crippen LogP contribution in [0.5, 0.6) is 0 Å². The molecule has 1 N–H and O–H groups in total. The Bertz CT molecular complexity index is 257. The van der Waals surface area contributed by atoms with Crippen molar-refractivity contribution in [3.63, 3.8) is 0 Å². The molecule has 0 aromatic heterocycles. The van der Waals surface area contributed by atoms with E-state index in [1.807, 2.05) is 0 Å². The van der Waals surface area contributed by atoms with Crippen molar-refractivity contribution in [3.8, 4) is 0 Å². The van der Waals surface area contributed by atoms with Crippen molar-refractivity contribution in [2.75, 3.05) is 25.4 Å². The summed E-state index contributed by atoms with van der Waals surface area (Å²) in [5.74, 6) is 0.168. The molecule has 17 heavy (non-hydrogen) atoms. The Balaban J connectivity index is 4.30. The SMILES string of the molecule is CCCCN(CCCC)S(=O)(=O)CCCCO. The molecule has 0 amide bonds. The Kier molecular flexibility index (Phi) is 9.78. The second-order valence-electron chi connectivity index (χ2n) is 4.35. The fourth-order valence-corrected chi connectivity index (χ4v) is 3.23. The van der Waals surface area contributed by atoms with Gasteiger partial charge in [0.2, 0.25) is 10.0 Å². The van der Waals surface area contributed by atoms with Gasteiger partial charge in [-0.15, -0.1) is 0 Å². The molecule has 0 aromatic rings. The summed E-state index contributed by atoms with van der Waals surface area (Å²) >= 11 is 0. The zero-order chi connectivity index (χ0) is 13.1. The van der Waals surface area contributed by atoms with E-state index in [0.29, 0.717) is 25.9 Å². The molecule has 0 spiro atoms. The van der Waals surface area contributed by atoms with Gasteiger partial charge in [-0.2, -0.15) is 0 Å². The van der Waals surface area contributed by atoms with Gasteiger partial charge in [0.15, 0.2) is 0 Å². The lowest BCUT2D eigenvalue weighted by Gasteiger charge is -2.21. The van der Waals surface area contributed by atoms with E-state index in [2.05, 4.69) is 13.8 Å². The number of nitrogens with zero attached hydrogens (tertiary/aromatic N) is 1. The van der Waals surface area contributed by atoms with E-state index < -0.39 is 10.0 Å². The number of hydrogen-bond donors (Lipinski definition) is 1. The van der Waals surface area contributed by atoms with Crippen LogP contribution < -0.4 is 0 Å². The van der Waals surface area contributed by atoms with Crippen molar-refractivity contribution in [1.82, 2.24) is 4.31 Å². The molecule has 4 nitrogen and oxygen atoms in total. The Morgan fingerprint density at radius 1 is 0.941 bits per heavy atom. The Labute approximate surface area is 106 Å². The van der Waals surface area contributed by atoms with Gasteiger partial charge in [-0.1, -0.05) is 26.7 Å². The van der Waals surface area contributed by atoms with Gasteiger partial charge in [-0.3, -0.25) is 0 Å². The predicted octanol–water partition coefficient (Wildman–Crippen LogP) is 1.99. The quantitative estimate of drug-likeness (QED) is 0.581. The number of aliphatic hydroxyl groups excluding tert-OH is 1. The van der Waals surface area contributed by atoms with Gasteiger partial charge in [0.25, 0.3) is 0 Å². The molecule has 0 aliphatic rings. The lowest BCUT2D eigenvalue weighted by Crippen LogP contribution is -2.34. The Hall–Kier alpha value is -0.130.